The smallest absolute Gasteiger partial charge is 0.156 e. The lowest BCUT2D eigenvalue weighted by molar-refractivity contribution is -0.113. The van der Waals surface area contributed by atoms with Gasteiger partial charge in [-0.3, -0.25) is 4.79 Å². The molecule has 0 aromatic rings. The quantitative estimate of drug-likeness (QED) is 0.636. The van der Waals surface area contributed by atoms with E-state index in [1.54, 1.807) is 18.2 Å². The van der Waals surface area contributed by atoms with Gasteiger partial charge in [-0.25, -0.2) is 0 Å². The minimum absolute atomic E-state index is 0.0649. The van der Waals surface area contributed by atoms with E-state index in [1.807, 2.05) is 26.0 Å². The van der Waals surface area contributed by atoms with Crippen LogP contribution in [0.25, 0.3) is 0 Å². The van der Waals surface area contributed by atoms with Crippen LogP contribution in [0.1, 0.15) is 27.2 Å². The Bertz CT molecular complexity index is 327. The first-order valence-corrected chi connectivity index (χ1v) is 4.72. The summed E-state index contributed by atoms with van der Waals surface area (Å²) < 4.78 is 0. The molecule has 0 fully saturated rings. The van der Waals surface area contributed by atoms with Crippen molar-refractivity contribution in [3.63, 3.8) is 0 Å². The van der Waals surface area contributed by atoms with Gasteiger partial charge in [0.25, 0.3) is 0 Å². The number of allylic oxidation sites excluding steroid dienone is 6. The van der Waals surface area contributed by atoms with E-state index in [0.29, 0.717) is 12.0 Å². The van der Waals surface area contributed by atoms with E-state index >= 15 is 0 Å². The summed E-state index contributed by atoms with van der Waals surface area (Å²) in [5, 5.41) is 8.56. The minimum atomic E-state index is 0.0649. The lowest BCUT2D eigenvalue weighted by Crippen LogP contribution is -1.93. The van der Waals surface area contributed by atoms with Crippen molar-refractivity contribution in [2.75, 3.05) is 0 Å². The van der Waals surface area contributed by atoms with Crippen molar-refractivity contribution in [3.8, 4) is 6.07 Å². The molecule has 14 heavy (non-hydrogen) atoms. The summed E-state index contributed by atoms with van der Waals surface area (Å²) in [5.41, 5.74) is 1.34. The van der Waals surface area contributed by atoms with Gasteiger partial charge in [-0.2, -0.15) is 5.26 Å². The van der Waals surface area contributed by atoms with Crippen molar-refractivity contribution in [3.05, 3.63) is 35.5 Å². The Morgan fingerprint density at radius 3 is 2.57 bits per heavy atom. The monoisotopic (exact) mass is 189 g/mol. The van der Waals surface area contributed by atoms with E-state index < -0.39 is 0 Å². The van der Waals surface area contributed by atoms with Crippen molar-refractivity contribution < 1.29 is 4.79 Å². The second kappa shape index (κ2) is 6.85. The Morgan fingerprint density at radius 2 is 2.07 bits per heavy atom. The van der Waals surface area contributed by atoms with Gasteiger partial charge in [0.1, 0.15) is 0 Å². The normalized spacial score (nSPS) is 13.9. The van der Waals surface area contributed by atoms with Gasteiger partial charge in [-0.1, -0.05) is 26.0 Å². The molecule has 0 saturated heterocycles. The fourth-order valence-electron chi connectivity index (χ4n) is 0.962. The van der Waals surface area contributed by atoms with Crippen LogP contribution in [0.5, 0.6) is 0 Å². The van der Waals surface area contributed by atoms with Crippen LogP contribution in [0.2, 0.25) is 0 Å². The van der Waals surface area contributed by atoms with Crippen LogP contribution in [0.15, 0.2) is 35.5 Å². The van der Waals surface area contributed by atoms with Gasteiger partial charge in [0.2, 0.25) is 0 Å². The van der Waals surface area contributed by atoms with Gasteiger partial charge in [-0.15, -0.1) is 0 Å². The lowest BCUT2D eigenvalue weighted by atomic mass is 10.1. The van der Waals surface area contributed by atoms with E-state index in [4.69, 9.17) is 5.26 Å². The summed E-state index contributed by atoms with van der Waals surface area (Å²) in [7, 11) is 0. The van der Waals surface area contributed by atoms with Crippen molar-refractivity contribution in [2.24, 2.45) is 0 Å². The van der Waals surface area contributed by atoms with E-state index in [2.05, 4.69) is 0 Å². The summed E-state index contributed by atoms with van der Waals surface area (Å²) in [4.78, 5) is 10.9. The Labute approximate surface area is 85.2 Å². The molecule has 1 aliphatic carbocycles. The molecule has 0 saturated carbocycles. The molecular weight excluding hydrogens is 174 g/mol. The summed E-state index contributed by atoms with van der Waals surface area (Å²) in [5.74, 6) is 0.0649. The van der Waals surface area contributed by atoms with E-state index in [9.17, 15) is 4.79 Å². The molecule has 74 valence electrons. The average Bonchev–Trinajstić information content (AvgIpc) is 2.45. The van der Waals surface area contributed by atoms with Crippen LogP contribution in [0.3, 0.4) is 0 Å². The molecule has 1 aliphatic rings. The Balaban J connectivity index is 0.000000791. The Hall–Kier alpha value is -1.62. The van der Waals surface area contributed by atoms with Crippen LogP contribution in [0, 0.1) is 11.3 Å². The molecule has 0 aromatic heterocycles. The highest BCUT2D eigenvalue weighted by Gasteiger charge is 2.02. The highest BCUT2D eigenvalue weighted by atomic mass is 16.1. The highest BCUT2D eigenvalue weighted by Crippen LogP contribution is 2.11. The lowest BCUT2D eigenvalue weighted by Gasteiger charge is -1.93. The second-order valence-corrected chi connectivity index (χ2v) is 2.59. The molecule has 0 aromatic carbocycles. The topological polar surface area (TPSA) is 40.9 Å². The number of carbonyl (C=O) groups excluding carboxylic acids is 1. The summed E-state index contributed by atoms with van der Waals surface area (Å²) in [6.07, 6.45) is 7.56. The number of Topliss-reactive ketones (excluding diaryl/α,β-unsaturated/α-hetero) is 1. The van der Waals surface area contributed by atoms with Crippen molar-refractivity contribution in [1.29, 1.82) is 5.26 Å². The fraction of sp³-hybridized carbons (Fsp3) is 0.333. The maximum absolute atomic E-state index is 10.9. The van der Waals surface area contributed by atoms with Crippen molar-refractivity contribution >= 4 is 5.78 Å². The summed E-state index contributed by atoms with van der Waals surface area (Å²) in [6.45, 7) is 5.53. The minimum Gasteiger partial charge on any atom is -0.295 e. The summed E-state index contributed by atoms with van der Waals surface area (Å²) in [6, 6.07) is 2.02. The van der Waals surface area contributed by atoms with Crippen LogP contribution in [-0.2, 0) is 4.79 Å². The van der Waals surface area contributed by atoms with Crippen molar-refractivity contribution in [1.82, 2.24) is 0 Å². The number of hydrogen-bond acceptors (Lipinski definition) is 2. The van der Waals surface area contributed by atoms with Crippen LogP contribution in [0.4, 0.5) is 0 Å². The van der Waals surface area contributed by atoms with Gasteiger partial charge >= 0.3 is 0 Å². The highest BCUT2D eigenvalue weighted by molar-refractivity contribution is 5.94. The number of ketones is 1. The molecule has 0 atom stereocenters. The predicted molar refractivity (Wildman–Crippen MR) is 57.6 cm³/mol. The molecule has 0 bridgehead atoms. The molecule has 2 nitrogen and oxygen atoms in total. The zero-order valence-corrected chi connectivity index (χ0v) is 8.87. The number of nitriles is 1. The zero-order chi connectivity index (χ0) is 11.0. The van der Waals surface area contributed by atoms with Gasteiger partial charge in [0.05, 0.1) is 11.6 Å². The standard InChI is InChI=1S/C10H9NO.C2H6/c1-8(12)10-4-2-3-9(7-11)5-6-10;1-2/h2-3,5-6H,4H2,1H3;1-2H3. The molecule has 0 spiro atoms. The predicted octanol–water partition coefficient (Wildman–Crippen LogP) is 2.94. The van der Waals surface area contributed by atoms with Gasteiger partial charge in [0, 0.05) is 0 Å². The average molecular weight is 189 g/mol. The van der Waals surface area contributed by atoms with Gasteiger partial charge in [0.15, 0.2) is 5.78 Å². The number of nitrogens with zero attached hydrogens (tertiary/aromatic N) is 1. The molecule has 0 N–H and O–H groups in total. The molecule has 0 amide bonds. The molecule has 2 heteroatoms. The number of hydrogen-bond donors (Lipinski definition) is 0. The maximum Gasteiger partial charge on any atom is 0.156 e. The third-order valence-corrected chi connectivity index (χ3v) is 1.68. The first kappa shape index (κ1) is 12.4. The van der Waals surface area contributed by atoms with E-state index in [1.165, 1.54) is 6.92 Å². The molecule has 0 unspecified atom stereocenters. The maximum atomic E-state index is 10.9. The molecule has 0 radical (unpaired) electrons. The SMILES string of the molecule is CC.CC(=O)C1=CC=C(C#N)C=CC1. The zero-order valence-electron chi connectivity index (χ0n) is 8.87. The summed E-state index contributed by atoms with van der Waals surface area (Å²) >= 11 is 0. The van der Waals surface area contributed by atoms with Crippen LogP contribution >= 0.6 is 0 Å². The van der Waals surface area contributed by atoms with E-state index in [0.717, 1.165) is 5.57 Å². The number of rotatable bonds is 1. The van der Waals surface area contributed by atoms with Crippen molar-refractivity contribution in [2.45, 2.75) is 27.2 Å². The Morgan fingerprint density at radius 1 is 1.43 bits per heavy atom. The number of carbonyl (C=O) groups is 1. The third kappa shape index (κ3) is 3.86. The van der Waals surface area contributed by atoms with Crippen LogP contribution < -0.4 is 0 Å². The molecule has 0 heterocycles. The van der Waals surface area contributed by atoms with Crippen LogP contribution in [-0.4, -0.2) is 5.78 Å². The second-order valence-electron chi connectivity index (χ2n) is 2.59. The molecular formula is C12H15NO. The Kier molecular flexibility index (Phi) is 6.06. The molecule has 1 rings (SSSR count). The first-order chi connectivity index (χ1) is 6.74. The first-order valence-electron chi connectivity index (χ1n) is 4.72. The molecule has 0 aliphatic heterocycles. The fourth-order valence-corrected chi connectivity index (χ4v) is 0.962. The van der Waals surface area contributed by atoms with E-state index in [-0.39, 0.29) is 5.78 Å². The largest absolute Gasteiger partial charge is 0.295 e. The van der Waals surface area contributed by atoms with Gasteiger partial charge in [-0.05, 0) is 31.1 Å². The van der Waals surface area contributed by atoms with Gasteiger partial charge < -0.3 is 0 Å². The third-order valence-electron chi connectivity index (χ3n) is 1.68.